The fourth-order valence-electron chi connectivity index (χ4n) is 4.56. The van der Waals surface area contributed by atoms with Gasteiger partial charge in [-0.25, -0.2) is 14.6 Å². The van der Waals surface area contributed by atoms with Crippen molar-refractivity contribution in [1.82, 2.24) is 0 Å². The van der Waals surface area contributed by atoms with Gasteiger partial charge in [0.1, 0.15) is 11.5 Å². The molecule has 2 atom stereocenters. The Kier molecular flexibility index (Phi) is 5.82. The van der Waals surface area contributed by atoms with Crippen molar-refractivity contribution in [2.75, 3.05) is 18.7 Å². The summed E-state index contributed by atoms with van der Waals surface area (Å²) in [7, 11) is 1.58. The van der Waals surface area contributed by atoms with Crippen LogP contribution >= 0.6 is 0 Å². The maximum Gasteiger partial charge on any atom is 0.355 e. The van der Waals surface area contributed by atoms with Gasteiger partial charge in [-0.05, 0) is 42.8 Å². The van der Waals surface area contributed by atoms with Gasteiger partial charge in [0, 0.05) is 5.56 Å². The van der Waals surface area contributed by atoms with E-state index >= 15 is 0 Å². The fourth-order valence-corrected chi connectivity index (χ4v) is 4.56. The Labute approximate surface area is 203 Å². The second kappa shape index (κ2) is 9.10. The Morgan fingerprint density at radius 1 is 1.00 bits per heavy atom. The monoisotopic (exact) mass is 468 g/mol. The number of hydrogen-bond donors (Lipinski definition) is 0. The summed E-state index contributed by atoms with van der Waals surface area (Å²) >= 11 is 0. The molecule has 35 heavy (non-hydrogen) atoms. The molecule has 0 radical (unpaired) electrons. The summed E-state index contributed by atoms with van der Waals surface area (Å²) in [5.74, 6) is -0.783. The minimum absolute atomic E-state index is 0.136. The average Bonchev–Trinajstić information content (AvgIpc) is 3.43. The molecular weight excluding hydrogens is 444 g/mol. The van der Waals surface area contributed by atoms with Crippen molar-refractivity contribution in [3.05, 3.63) is 102 Å². The summed E-state index contributed by atoms with van der Waals surface area (Å²) in [6, 6.07) is 25.9. The first-order chi connectivity index (χ1) is 17.1. The maximum atomic E-state index is 13.8. The van der Waals surface area contributed by atoms with Crippen LogP contribution in [0.15, 0.2) is 96.1 Å². The van der Waals surface area contributed by atoms with Gasteiger partial charge >= 0.3 is 11.9 Å². The molecule has 5 rings (SSSR count). The molecule has 0 amide bonds. The van der Waals surface area contributed by atoms with Crippen molar-refractivity contribution < 1.29 is 23.8 Å². The van der Waals surface area contributed by atoms with E-state index in [-0.39, 0.29) is 12.3 Å². The Hall–Kier alpha value is -4.39. The molecule has 2 aliphatic rings. The lowest BCUT2D eigenvalue weighted by Crippen LogP contribution is -2.51. The SMILES string of the molecule is CCOC(=O)C1=NN(c2ccc(OC)cc2)C2(C=C(c3ccccc3)OC2=O)C1c1ccccc1. The molecule has 1 spiro atoms. The Balaban J connectivity index is 1.74. The molecule has 0 bridgehead atoms. The molecule has 0 aliphatic carbocycles. The predicted octanol–water partition coefficient (Wildman–Crippen LogP) is 4.55. The highest BCUT2D eigenvalue weighted by Gasteiger charge is 2.62. The first-order valence-electron chi connectivity index (χ1n) is 11.3. The Morgan fingerprint density at radius 3 is 2.29 bits per heavy atom. The number of anilines is 1. The fraction of sp³-hybridized carbons (Fsp3) is 0.179. The first kappa shape index (κ1) is 22.4. The predicted molar refractivity (Wildman–Crippen MR) is 132 cm³/mol. The second-order valence-corrected chi connectivity index (χ2v) is 8.15. The van der Waals surface area contributed by atoms with Crippen molar-refractivity contribution in [1.29, 1.82) is 0 Å². The van der Waals surface area contributed by atoms with E-state index in [0.29, 0.717) is 17.2 Å². The summed E-state index contributed by atoms with van der Waals surface area (Å²) in [4.78, 5) is 27.0. The van der Waals surface area contributed by atoms with E-state index in [0.717, 1.165) is 11.1 Å². The van der Waals surface area contributed by atoms with Crippen molar-refractivity contribution in [2.45, 2.75) is 18.4 Å². The van der Waals surface area contributed by atoms with E-state index < -0.39 is 23.4 Å². The molecule has 176 valence electrons. The number of hydrogen-bond acceptors (Lipinski definition) is 7. The van der Waals surface area contributed by atoms with E-state index in [1.165, 1.54) is 0 Å². The lowest BCUT2D eigenvalue weighted by atomic mass is 9.76. The Bertz CT molecular complexity index is 1300. The number of carbonyl (C=O) groups is 2. The molecule has 0 aromatic heterocycles. The summed E-state index contributed by atoms with van der Waals surface area (Å²) in [5, 5.41) is 6.26. The molecule has 0 saturated carbocycles. The van der Waals surface area contributed by atoms with Crippen molar-refractivity contribution >= 4 is 29.1 Å². The van der Waals surface area contributed by atoms with Crippen molar-refractivity contribution in [2.24, 2.45) is 5.10 Å². The number of carbonyl (C=O) groups excluding carboxylic acids is 2. The van der Waals surface area contributed by atoms with Gasteiger partial charge in [-0.15, -0.1) is 0 Å². The van der Waals surface area contributed by atoms with Gasteiger partial charge in [0.05, 0.1) is 25.3 Å². The minimum atomic E-state index is -1.43. The second-order valence-electron chi connectivity index (χ2n) is 8.15. The molecule has 2 unspecified atom stereocenters. The van der Waals surface area contributed by atoms with Crippen LogP contribution in [0.3, 0.4) is 0 Å². The summed E-state index contributed by atoms with van der Waals surface area (Å²) in [5.41, 5.74) is 0.815. The largest absolute Gasteiger partial charge is 0.497 e. The van der Waals surface area contributed by atoms with E-state index in [2.05, 4.69) is 0 Å². The number of cyclic esters (lactones) is 1. The zero-order chi connectivity index (χ0) is 24.4. The van der Waals surface area contributed by atoms with Crippen LogP contribution in [0.25, 0.3) is 5.76 Å². The van der Waals surface area contributed by atoms with Crippen LogP contribution in [0.1, 0.15) is 24.0 Å². The first-order valence-corrected chi connectivity index (χ1v) is 11.3. The quantitative estimate of drug-likeness (QED) is 0.494. The van der Waals surface area contributed by atoms with E-state index in [1.54, 1.807) is 49.4 Å². The minimum Gasteiger partial charge on any atom is -0.497 e. The number of hydrazone groups is 1. The van der Waals surface area contributed by atoms with E-state index in [9.17, 15) is 9.59 Å². The standard InChI is InChI=1S/C28H24N2O5/c1-3-34-26(31)25-24(20-12-8-5-9-13-20)28(30(29-25)21-14-16-22(33-2)17-15-21)18-23(35-27(28)32)19-10-6-4-7-11-19/h4-18,24H,3H2,1-2H3. The van der Waals surface area contributed by atoms with Gasteiger partial charge in [-0.2, -0.15) is 5.10 Å². The third-order valence-corrected chi connectivity index (χ3v) is 6.15. The van der Waals surface area contributed by atoms with Crippen LogP contribution in [0.5, 0.6) is 5.75 Å². The van der Waals surface area contributed by atoms with E-state index in [4.69, 9.17) is 19.3 Å². The maximum absolute atomic E-state index is 13.8. The molecule has 0 saturated heterocycles. The normalized spacial score (nSPS) is 20.9. The van der Waals surface area contributed by atoms with Gasteiger partial charge < -0.3 is 14.2 Å². The van der Waals surface area contributed by atoms with Gasteiger partial charge in [-0.3, -0.25) is 0 Å². The summed E-state index contributed by atoms with van der Waals surface area (Å²) in [6.07, 6.45) is 1.77. The Morgan fingerprint density at radius 2 is 1.66 bits per heavy atom. The molecule has 3 aromatic rings. The third kappa shape index (κ3) is 3.75. The lowest BCUT2D eigenvalue weighted by Gasteiger charge is -2.34. The number of esters is 2. The highest BCUT2D eigenvalue weighted by atomic mass is 16.5. The van der Waals surface area contributed by atoms with E-state index in [1.807, 2.05) is 60.7 Å². The summed E-state index contributed by atoms with van der Waals surface area (Å²) < 4.78 is 16.5. The molecule has 3 aromatic carbocycles. The number of methoxy groups -OCH3 is 1. The topological polar surface area (TPSA) is 77.4 Å². The highest BCUT2D eigenvalue weighted by molar-refractivity contribution is 6.41. The van der Waals surface area contributed by atoms with Gasteiger partial charge in [0.2, 0.25) is 0 Å². The lowest BCUT2D eigenvalue weighted by molar-refractivity contribution is -0.139. The number of rotatable bonds is 6. The van der Waals surface area contributed by atoms with Crippen LogP contribution in [0.2, 0.25) is 0 Å². The van der Waals surface area contributed by atoms with Crippen molar-refractivity contribution in [3.8, 4) is 5.75 Å². The van der Waals surface area contributed by atoms with Crippen molar-refractivity contribution in [3.63, 3.8) is 0 Å². The zero-order valence-corrected chi connectivity index (χ0v) is 19.4. The summed E-state index contributed by atoms with van der Waals surface area (Å²) in [6.45, 7) is 1.92. The number of ether oxygens (including phenoxy) is 3. The third-order valence-electron chi connectivity index (χ3n) is 6.15. The average molecular weight is 469 g/mol. The molecule has 2 heterocycles. The molecular formula is C28H24N2O5. The number of benzene rings is 3. The van der Waals surface area contributed by atoms with Crippen LogP contribution in [0.4, 0.5) is 5.69 Å². The molecule has 0 N–H and O–H groups in total. The van der Waals surface area contributed by atoms with Crippen LogP contribution in [-0.4, -0.2) is 36.9 Å². The molecule has 7 nitrogen and oxygen atoms in total. The smallest absolute Gasteiger partial charge is 0.355 e. The van der Waals surface area contributed by atoms with Gasteiger partial charge in [0.15, 0.2) is 11.3 Å². The molecule has 0 fully saturated rings. The molecule has 7 heteroatoms. The van der Waals surface area contributed by atoms with Gasteiger partial charge in [0.25, 0.3) is 0 Å². The zero-order valence-electron chi connectivity index (χ0n) is 19.4. The van der Waals surface area contributed by atoms with Crippen LogP contribution in [0, 0.1) is 0 Å². The highest BCUT2D eigenvalue weighted by Crippen LogP contribution is 2.49. The molecule has 2 aliphatic heterocycles. The van der Waals surface area contributed by atoms with Crippen LogP contribution < -0.4 is 9.75 Å². The van der Waals surface area contributed by atoms with Crippen LogP contribution in [-0.2, 0) is 19.1 Å². The number of nitrogens with zero attached hydrogens (tertiary/aromatic N) is 2. The van der Waals surface area contributed by atoms with Gasteiger partial charge in [-0.1, -0.05) is 60.7 Å².